The SMILES string of the molecule is Cc1nc(-c2c(C)c(C)nn(C)c2=O)sc1C(=O)N(C)CCCC(=O)O. The van der Waals surface area contributed by atoms with E-state index in [0.717, 1.165) is 11.3 Å². The van der Waals surface area contributed by atoms with Gasteiger partial charge in [0, 0.05) is 27.1 Å². The number of carboxylic acid groups (broad SMARTS) is 1. The molecule has 0 bridgehead atoms. The molecule has 140 valence electrons. The molecule has 2 aromatic heterocycles. The summed E-state index contributed by atoms with van der Waals surface area (Å²) in [4.78, 5) is 42.1. The maximum atomic E-state index is 12.6. The number of carbonyl (C=O) groups is 2. The van der Waals surface area contributed by atoms with Gasteiger partial charge in [0.1, 0.15) is 9.88 Å². The van der Waals surface area contributed by atoms with Crippen LogP contribution in [0.5, 0.6) is 0 Å². The van der Waals surface area contributed by atoms with E-state index in [9.17, 15) is 14.4 Å². The molecule has 0 saturated heterocycles. The van der Waals surface area contributed by atoms with Gasteiger partial charge in [0.15, 0.2) is 0 Å². The van der Waals surface area contributed by atoms with E-state index in [2.05, 4.69) is 10.1 Å². The third-order valence-corrected chi connectivity index (χ3v) is 5.32. The number of carbonyl (C=O) groups excluding carboxylic acids is 1. The molecule has 0 aliphatic rings. The van der Waals surface area contributed by atoms with Crippen molar-refractivity contribution in [2.24, 2.45) is 7.05 Å². The van der Waals surface area contributed by atoms with E-state index in [1.54, 1.807) is 21.0 Å². The fraction of sp³-hybridized carbons (Fsp3) is 0.471. The normalized spacial score (nSPS) is 10.8. The first-order chi connectivity index (χ1) is 12.1. The van der Waals surface area contributed by atoms with Crippen molar-refractivity contribution in [1.29, 1.82) is 0 Å². The molecule has 0 radical (unpaired) electrons. The molecule has 1 N–H and O–H groups in total. The molecule has 8 nitrogen and oxygen atoms in total. The highest BCUT2D eigenvalue weighted by Gasteiger charge is 2.22. The van der Waals surface area contributed by atoms with Crippen LogP contribution in [0.3, 0.4) is 0 Å². The molecule has 2 rings (SSSR count). The Bertz CT molecular complexity index is 916. The number of aryl methyl sites for hydroxylation is 3. The zero-order valence-corrected chi connectivity index (χ0v) is 16.3. The van der Waals surface area contributed by atoms with Gasteiger partial charge in [-0.2, -0.15) is 5.10 Å². The number of amides is 1. The van der Waals surface area contributed by atoms with Crippen molar-refractivity contribution >= 4 is 23.2 Å². The zero-order chi connectivity index (χ0) is 19.6. The van der Waals surface area contributed by atoms with Crippen molar-refractivity contribution in [3.63, 3.8) is 0 Å². The summed E-state index contributed by atoms with van der Waals surface area (Å²) in [5.74, 6) is -1.11. The van der Waals surface area contributed by atoms with Crippen LogP contribution < -0.4 is 5.56 Å². The van der Waals surface area contributed by atoms with Crippen LogP contribution in [-0.2, 0) is 11.8 Å². The Balaban J connectivity index is 2.34. The van der Waals surface area contributed by atoms with Gasteiger partial charge in [0.05, 0.1) is 17.0 Å². The predicted molar refractivity (Wildman–Crippen MR) is 98.6 cm³/mol. The van der Waals surface area contributed by atoms with Crippen LogP contribution in [0.4, 0.5) is 0 Å². The minimum Gasteiger partial charge on any atom is -0.481 e. The summed E-state index contributed by atoms with van der Waals surface area (Å²) in [5.41, 5.74) is 2.23. The molecular formula is C17H22N4O4S. The van der Waals surface area contributed by atoms with Crippen LogP contribution in [-0.4, -0.2) is 50.2 Å². The van der Waals surface area contributed by atoms with Gasteiger partial charge >= 0.3 is 5.97 Å². The van der Waals surface area contributed by atoms with Crippen molar-refractivity contribution < 1.29 is 14.7 Å². The topological polar surface area (TPSA) is 105 Å². The second kappa shape index (κ2) is 7.77. The van der Waals surface area contributed by atoms with Crippen LogP contribution in [0.25, 0.3) is 10.6 Å². The Kier molecular flexibility index (Phi) is 5.91. The number of aliphatic carboxylic acids is 1. The van der Waals surface area contributed by atoms with E-state index in [4.69, 9.17) is 5.11 Å². The van der Waals surface area contributed by atoms with E-state index < -0.39 is 5.97 Å². The summed E-state index contributed by atoms with van der Waals surface area (Å²) < 4.78 is 1.27. The molecule has 2 aromatic rings. The smallest absolute Gasteiger partial charge is 0.303 e. The third kappa shape index (κ3) is 3.98. The number of thiazole rings is 1. The first kappa shape index (κ1) is 19.8. The molecule has 0 aliphatic heterocycles. The second-order valence-corrected chi connectivity index (χ2v) is 7.17. The van der Waals surface area contributed by atoms with Crippen LogP contribution in [0.2, 0.25) is 0 Å². The average Bonchev–Trinajstić information content (AvgIpc) is 2.93. The standard InChI is InChI=1S/C17H22N4O4S/c1-9-10(2)19-21(5)16(24)13(9)15-18-11(3)14(26-15)17(25)20(4)8-6-7-12(22)23/h6-8H2,1-5H3,(H,22,23). The van der Waals surface area contributed by atoms with Crippen molar-refractivity contribution in [3.05, 3.63) is 32.2 Å². The van der Waals surface area contributed by atoms with Gasteiger partial charge in [0.25, 0.3) is 11.5 Å². The number of rotatable bonds is 6. The van der Waals surface area contributed by atoms with Gasteiger partial charge in [-0.3, -0.25) is 14.4 Å². The molecule has 0 aliphatic carbocycles. The second-order valence-electron chi connectivity index (χ2n) is 6.17. The monoisotopic (exact) mass is 378 g/mol. The number of hydrogen-bond donors (Lipinski definition) is 1. The minimum absolute atomic E-state index is 0.00999. The molecule has 26 heavy (non-hydrogen) atoms. The van der Waals surface area contributed by atoms with Gasteiger partial charge in [-0.25, -0.2) is 9.67 Å². The highest BCUT2D eigenvalue weighted by Crippen LogP contribution is 2.29. The Morgan fingerprint density at radius 2 is 1.88 bits per heavy atom. The molecular weight excluding hydrogens is 356 g/mol. The number of carboxylic acids is 1. The summed E-state index contributed by atoms with van der Waals surface area (Å²) in [6.07, 6.45) is 0.390. The Labute approximate surface area is 155 Å². The summed E-state index contributed by atoms with van der Waals surface area (Å²) in [6.45, 7) is 5.70. The predicted octanol–water partition coefficient (Wildman–Crippen LogP) is 1.77. The van der Waals surface area contributed by atoms with Gasteiger partial charge < -0.3 is 10.0 Å². The van der Waals surface area contributed by atoms with E-state index in [0.29, 0.717) is 34.1 Å². The molecule has 2 heterocycles. The highest BCUT2D eigenvalue weighted by atomic mass is 32.1. The fourth-order valence-electron chi connectivity index (χ4n) is 2.54. The lowest BCUT2D eigenvalue weighted by Crippen LogP contribution is -2.28. The van der Waals surface area contributed by atoms with Crippen LogP contribution in [0.1, 0.15) is 39.5 Å². The Morgan fingerprint density at radius 1 is 1.23 bits per heavy atom. The summed E-state index contributed by atoms with van der Waals surface area (Å²) in [5, 5.41) is 13.4. The third-order valence-electron chi connectivity index (χ3n) is 4.16. The first-order valence-electron chi connectivity index (χ1n) is 8.13. The van der Waals surface area contributed by atoms with Gasteiger partial charge in [0.2, 0.25) is 0 Å². The quantitative estimate of drug-likeness (QED) is 0.821. The average molecular weight is 378 g/mol. The van der Waals surface area contributed by atoms with Gasteiger partial charge in [-0.1, -0.05) is 0 Å². The van der Waals surface area contributed by atoms with Crippen molar-refractivity contribution in [3.8, 4) is 10.6 Å². The summed E-state index contributed by atoms with van der Waals surface area (Å²) in [7, 11) is 3.21. The van der Waals surface area contributed by atoms with Gasteiger partial charge in [-0.05, 0) is 32.8 Å². The molecule has 0 unspecified atom stereocenters. The van der Waals surface area contributed by atoms with E-state index in [-0.39, 0.29) is 17.9 Å². The van der Waals surface area contributed by atoms with Crippen LogP contribution in [0, 0.1) is 20.8 Å². The molecule has 0 aromatic carbocycles. The number of nitrogens with zero attached hydrogens (tertiary/aromatic N) is 4. The lowest BCUT2D eigenvalue weighted by molar-refractivity contribution is -0.137. The maximum absolute atomic E-state index is 12.6. The number of aromatic nitrogens is 3. The molecule has 0 spiro atoms. The fourth-order valence-corrected chi connectivity index (χ4v) is 3.70. The van der Waals surface area contributed by atoms with Crippen molar-refractivity contribution in [1.82, 2.24) is 19.7 Å². The minimum atomic E-state index is -0.888. The Morgan fingerprint density at radius 3 is 2.50 bits per heavy atom. The Hall–Kier alpha value is -2.55. The number of hydrogen-bond acceptors (Lipinski definition) is 6. The molecule has 0 saturated carbocycles. The molecule has 9 heteroatoms. The molecule has 0 atom stereocenters. The molecule has 1 amide bonds. The highest BCUT2D eigenvalue weighted by molar-refractivity contribution is 7.17. The van der Waals surface area contributed by atoms with Crippen LogP contribution in [0.15, 0.2) is 4.79 Å². The van der Waals surface area contributed by atoms with Crippen LogP contribution >= 0.6 is 11.3 Å². The lowest BCUT2D eigenvalue weighted by Gasteiger charge is -2.15. The summed E-state index contributed by atoms with van der Waals surface area (Å²) in [6, 6.07) is 0. The van der Waals surface area contributed by atoms with Crippen molar-refractivity contribution in [2.45, 2.75) is 33.6 Å². The zero-order valence-electron chi connectivity index (χ0n) is 15.5. The van der Waals surface area contributed by atoms with E-state index in [1.165, 1.54) is 20.9 Å². The lowest BCUT2D eigenvalue weighted by atomic mass is 10.1. The maximum Gasteiger partial charge on any atom is 0.303 e. The van der Waals surface area contributed by atoms with Gasteiger partial charge in [-0.15, -0.1) is 11.3 Å². The largest absolute Gasteiger partial charge is 0.481 e. The summed E-state index contributed by atoms with van der Waals surface area (Å²) >= 11 is 1.17. The van der Waals surface area contributed by atoms with Crippen molar-refractivity contribution in [2.75, 3.05) is 13.6 Å². The first-order valence-corrected chi connectivity index (χ1v) is 8.94. The van der Waals surface area contributed by atoms with E-state index >= 15 is 0 Å². The molecule has 0 fully saturated rings. The van der Waals surface area contributed by atoms with E-state index in [1.807, 2.05) is 13.8 Å².